The van der Waals surface area contributed by atoms with Gasteiger partial charge in [0.15, 0.2) is 5.69 Å². The van der Waals surface area contributed by atoms with E-state index in [-0.39, 0.29) is 0 Å². The molecular weight excluding hydrogens is 392 g/mol. The van der Waals surface area contributed by atoms with Gasteiger partial charge in [-0.25, -0.2) is 0 Å². The molecule has 0 bridgehead atoms. The SMILES string of the molecule is CCOC.Cc1cc(-c2nc(-c3ccccc3)no2)nn1Cc1cccc(CC=O)c1. The lowest BCUT2D eigenvalue weighted by atomic mass is 10.1. The highest BCUT2D eigenvalue weighted by Gasteiger charge is 2.15. The minimum atomic E-state index is 0.394. The van der Waals surface area contributed by atoms with E-state index in [0.29, 0.717) is 30.4 Å². The molecule has 0 saturated carbocycles. The van der Waals surface area contributed by atoms with Gasteiger partial charge in [0.2, 0.25) is 5.82 Å². The number of benzene rings is 2. The maximum atomic E-state index is 10.7. The molecule has 7 nitrogen and oxygen atoms in total. The van der Waals surface area contributed by atoms with E-state index in [0.717, 1.165) is 35.3 Å². The minimum Gasteiger partial charge on any atom is -0.385 e. The molecule has 0 saturated heterocycles. The third kappa shape index (κ3) is 5.96. The number of hydrogen-bond donors (Lipinski definition) is 0. The highest BCUT2D eigenvalue weighted by molar-refractivity contribution is 5.57. The predicted octanol–water partition coefficient (Wildman–Crippen LogP) is 4.35. The van der Waals surface area contributed by atoms with Gasteiger partial charge in [0, 0.05) is 31.4 Å². The van der Waals surface area contributed by atoms with Crippen molar-refractivity contribution in [2.45, 2.75) is 26.8 Å². The highest BCUT2D eigenvalue weighted by atomic mass is 16.5. The second-order valence-corrected chi connectivity index (χ2v) is 6.89. The number of aromatic nitrogens is 4. The zero-order valence-electron chi connectivity index (χ0n) is 18.0. The van der Waals surface area contributed by atoms with E-state index in [9.17, 15) is 4.79 Å². The standard InChI is InChI=1S/C21H18N4O2.C3H8O/c1-15-12-19(21-22-20(24-27-21)18-8-3-2-4-9-18)23-25(15)14-17-7-5-6-16(13-17)10-11-26;1-3-4-2/h2-9,11-13H,10,14H2,1H3;3H2,1-2H3. The van der Waals surface area contributed by atoms with E-state index in [4.69, 9.17) is 4.52 Å². The van der Waals surface area contributed by atoms with Crippen molar-refractivity contribution in [3.05, 3.63) is 77.5 Å². The quantitative estimate of drug-likeness (QED) is 0.415. The fourth-order valence-corrected chi connectivity index (χ4v) is 2.93. The van der Waals surface area contributed by atoms with Gasteiger partial charge in [0.05, 0.1) is 6.54 Å². The van der Waals surface area contributed by atoms with Gasteiger partial charge in [-0.1, -0.05) is 59.8 Å². The Labute approximate surface area is 181 Å². The first kappa shape index (κ1) is 22.1. The fraction of sp³-hybridized carbons (Fsp3) is 0.250. The zero-order valence-corrected chi connectivity index (χ0v) is 18.0. The van der Waals surface area contributed by atoms with Gasteiger partial charge >= 0.3 is 0 Å². The highest BCUT2D eigenvalue weighted by Crippen LogP contribution is 2.22. The Bertz CT molecular complexity index is 1100. The summed E-state index contributed by atoms with van der Waals surface area (Å²) in [5, 5.41) is 8.66. The van der Waals surface area contributed by atoms with Crippen LogP contribution in [0.25, 0.3) is 23.0 Å². The first-order chi connectivity index (χ1) is 15.1. The minimum absolute atomic E-state index is 0.394. The van der Waals surface area contributed by atoms with Crippen LogP contribution in [0.2, 0.25) is 0 Å². The molecule has 4 aromatic rings. The number of carbonyl (C=O) groups is 1. The van der Waals surface area contributed by atoms with Gasteiger partial charge in [-0.3, -0.25) is 4.68 Å². The van der Waals surface area contributed by atoms with Crippen molar-refractivity contribution >= 4 is 6.29 Å². The van der Waals surface area contributed by atoms with E-state index in [1.165, 1.54) is 0 Å². The van der Waals surface area contributed by atoms with Gasteiger partial charge < -0.3 is 14.1 Å². The Kier molecular flexibility index (Phi) is 7.84. The summed E-state index contributed by atoms with van der Waals surface area (Å²) in [5.41, 5.74) is 4.62. The van der Waals surface area contributed by atoms with Crippen molar-refractivity contribution in [3.8, 4) is 23.0 Å². The topological polar surface area (TPSA) is 83.0 Å². The van der Waals surface area contributed by atoms with E-state index in [2.05, 4.69) is 20.0 Å². The van der Waals surface area contributed by atoms with E-state index >= 15 is 0 Å². The van der Waals surface area contributed by atoms with Crippen LogP contribution in [0.3, 0.4) is 0 Å². The largest absolute Gasteiger partial charge is 0.385 e. The number of rotatable bonds is 7. The third-order valence-electron chi connectivity index (χ3n) is 4.59. The average molecular weight is 418 g/mol. The summed E-state index contributed by atoms with van der Waals surface area (Å²) in [6, 6.07) is 19.6. The van der Waals surface area contributed by atoms with Gasteiger partial charge in [-0.15, -0.1) is 0 Å². The molecule has 0 radical (unpaired) electrons. The molecule has 0 unspecified atom stereocenters. The molecule has 4 rings (SSSR count). The van der Waals surface area contributed by atoms with Crippen LogP contribution in [0.4, 0.5) is 0 Å². The summed E-state index contributed by atoms with van der Waals surface area (Å²) < 4.78 is 11.8. The van der Waals surface area contributed by atoms with Crippen molar-refractivity contribution in [1.82, 2.24) is 19.9 Å². The Morgan fingerprint density at radius 1 is 1.06 bits per heavy atom. The molecule has 2 aromatic heterocycles. The molecule has 2 heterocycles. The number of ether oxygens (including phenoxy) is 1. The molecule has 0 aliphatic heterocycles. The van der Waals surface area contributed by atoms with Gasteiger partial charge in [0.1, 0.15) is 6.29 Å². The molecule has 0 aliphatic rings. The van der Waals surface area contributed by atoms with Crippen LogP contribution in [-0.4, -0.2) is 39.9 Å². The van der Waals surface area contributed by atoms with Crippen LogP contribution < -0.4 is 0 Å². The van der Waals surface area contributed by atoms with Gasteiger partial charge in [-0.05, 0) is 31.0 Å². The second-order valence-electron chi connectivity index (χ2n) is 6.89. The number of hydrogen-bond acceptors (Lipinski definition) is 6. The molecule has 7 heteroatoms. The number of methoxy groups -OCH3 is 1. The molecule has 0 aliphatic carbocycles. The second kappa shape index (κ2) is 11.0. The average Bonchev–Trinajstić information content (AvgIpc) is 3.42. The van der Waals surface area contributed by atoms with Crippen LogP contribution in [-0.2, 0) is 22.5 Å². The zero-order chi connectivity index (χ0) is 22.1. The maximum absolute atomic E-state index is 10.7. The summed E-state index contributed by atoms with van der Waals surface area (Å²) in [5.74, 6) is 0.935. The lowest BCUT2D eigenvalue weighted by Crippen LogP contribution is -2.04. The first-order valence-corrected chi connectivity index (χ1v) is 10.1. The summed E-state index contributed by atoms with van der Waals surface area (Å²) in [6.45, 7) is 5.37. The van der Waals surface area contributed by atoms with Crippen LogP contribution >= 0.6 is 0 Å². The monoisotopic (exact) mass is 418 g/mol. The molecule has 0 N–H and O–H groups in total. The van der Waals surface area contributed by atoms with Crippen LogP contribution in [0.1, 0.15) is 23.7 Å². The Hall–Kier alpha value is -3.58. The van der Waals surface area contributed by atoms with Crippen molar-refractivity contribution in [3.63, 3.8) is 0 Å². The van der Waals surface area contributed by atoms with Crippen molar-refractivity contribution < 1.29 is 14.1 Å². The summed E-state index contributed by atoms with van der Waals surface area (Å²) in [6.07, 6.45) is 1.33. The maximum Gasteiger partial charge on any atom is 0.278 e. The van der Waals surface area contributed by atoms with Crippen LogP contribution in [0.15, 0.2) is 65.2 Å². The Morgan fingerprint density at radius 2 is 1.81 bits per heavy atom. The summed E-state index contributed by atoms with van der Waals surface area (Å²) >= 11 is 0. The van der Waals surface area contributed by atoms with Crippen LogP contribution in [0, 0.1) is 6.92 Å². The normalized spacial score (nSPS) is 10.4. The molecule has 0 atom stereocenters. The number of aryl methyl sites for hydroxylation is 1. The van der Waals surface area contributed by atoms with Gasteiger partial charge in [-0.2, -0.15) is 10.1 Å². The molecule has 2 aromatic carbocycles. The number of aldehydes is 1. The lowest BCUT2D eigenvalue weighted by Gasteiger charge is -2.06. The van der Waals surface area contributed by atoms with E-state index in [1.54, 1.807) is 7.11 Å². The van der Waals surface area contributed by atoms with E-state index < -0.39 is 0 Å². The molecule has 31 heavy (non-hydrogen) atoms. The summed E-state index contributed by atoms with van der Waals surface area (Å²) in [7, 11) is 1.68. The molecular formula is C24H26N4O3. The Morgan fingerprint density at radius 3 is 2.52 bits per heavy atom. The van der Waals surface area contributed by atoms with Crippen molar-refractivity contribution in [2.24, 2.45) is 0 Å². The Balaban J connectivity index is 0.000000628. The third-order valence-corrected chi connectivity index (χ3v) is 4.59. The van der Waals surface area contributed by atoms with Crippen molar-refractivity contribution in [1.29, 1.82) is 0 Å². The lowest BCUT2D eigenvalue weighted by molar-refractivity contribution is -0.107. The number of nitrogens with zero attached hydrogens (tertiary/aromatic N) is 4. The predicted molar refractivity (Wildman–Crippen MR) is 119 cm³/mol. The van der Waals surface area contributed by atoms with Gasteiger partial charge in [0.25, 0.3) is 5.89 Å². The molecule has 0 amide bonds. The number of carbonyl (C=O) groups excluding carboxylic acids is 1. The van der Waals surface area contributed by atoms with E-state index in [1.807, 2.05) is 79.2 Å². The fourth-order valence-electron chi connectivity index (χ4n) is 2.93. The summed E-state index contributed by atoms with van der Waals surface area (Å²) in [4.78, 5) is 15.2. The van der Waals surface area contributed by atoms with Crippen molar-refractivity contribution in [2.75, 3.05) is 13.7 Å². The first-order valence-electron chi connectivity index (χ1n) is 10.1. The van der Waals surface area contributed by atoms with Crippen LogP contribution in [0.5, 0.6) is 0 Å². The molecule has 0 fully saturated rings. The smallest absolute Gasteiger partial charge is 0.278 e. The molecule has 0 spiro atoms. The molecule has 160 valence electrons.